The van der Waals surface area contributed by atoms with Gasteiger partial charge in [-0.05, 0) is 94.1 Å². The highest BCUT2D eigenvalue weighted by atomic mass is 35.5. The fourth-order valence-electron chi connectivity index (χ4n) is 4.37. The number of anilines is 1. The van der Waals surface area contributed by atoms with Crippen molar-refractivity contribution in [2.45, 2.75) is 58.3 Å². The molecule has 0 aliphatic carbocycles. The number of halogens is 1. The fourth-order valence-corrected chi connectivity index (χ4v) is 4.50. The highest BCUT2D eigenvalue weighted by Gasteiger charge is 2.29. The summed E-state index contributed by atoms with van der Waals surface area (Å²) in [6.45, 7) is 11.5. The summed E-state index contributed by atoms with van der Waals surface area (Å²) in [7, 11) is 0. The van der Waals surface area contributed by atoms with Crippen LogP contribution in [0.3, 0.4) is 0 Å². The van der Waals surface area contributed by atoms with Crippen molar-refractivity contribution in [1.29, 1.82) is 0 Å². The van der Waals surface area contributed by atoms with Crippen LogP contribution in [0.25, 0.3) is 0 Å². The van der Waals surface area contributed by atoms with Gasteiger partial charge in [-0.3, -0.25) is 9.59 Å². The third-order valence-electron chi connectivity index (χ3n) is 6.81. The lowest BCUT2D eigenvalue weighted by Crippen LogP contribution is -2.41. The molecule has 34 heavy (non-hydrogen) atoms. The first kappa shape index (κ1) is 26.2. The van der Waals surface area contributed by atoms with E-state index in [4.69, 9.17) is 11.6 Å². The molecule has 1 aliphatic rings. The first-order chi connectivity index (χ1) is 16.2. The molecule has 1 fully saturated rings. The van der Waals surface area contributed by atoms with E-state index in [1.165, 1.54) is 5.56 Å². The summed E-state index contributed by atoms with van der Waals surface area (Å²) >= 11 is 5.98. The van der Waals surface area contributed by atoms with Gasteiger partial charge in [-0.1, -0.05) is 49.7 Å². The Hall–Kier alpha value is -2.37. The van der Waals surface area contributed by atoms with Crippen LogP contribution in [0.2, 0.25) is 5.02 Å². The largest absolute Gasteiger partial charge is 0.355 e. The summed E-state index contributed by atoms with van der Waals surface area (Å²) < 4.78 is 0. The number of nitrogens with one attached hydrogen (secondary N) is 2. The second-order valence-corrected chi connectivity index (χ2v) is 10.6. The molecule has 0 saturated carbocycles. The second kappa shape index (κ2) is 11.9. The summed E-state index contributed by atoms with van der Waals surface area (Å²) in [6, 6.07) is 15.8. The zero-order valence-corrected chi connectivity index (χ0v) is 21.6. The molecule has 0 radical (unpaired) electrons. The van der Waals surface area contributed by atoms with E-state index in [1.54, 1.807) is 0 Å². The van der Waals surface area contributed by atoms with E-state index in [1.807, 2.05) is 64.1 Å². The van der Waals surface area contributed by atoms with E-state index in [-0.39, 0.29) is 17.7 Å². The van der Waals surface area contributed by atoms with E-state index in [0.29, 0.717) is 17.5 Å². The zero-order chi connectivity index (χ0) is 24.7. The summed E-state index contributed by atoms with van der Waals surface area (Å²) in [5.74, 6) is 0.584. The normalized spacial score (nSPS) is 15.4. The van der Waals surface area contributed by atoms with Gasteiger partial charge in [0.15, 0.2) is 0 Å². The molecule has 0 spiro atoms. The van der Waals surface area contributed by atoms with E-state index < -0.39 is 5.41 Å². The SMILES string of the molecule is CC(C)C(=O)Nc1cccc(C2CCN(CCCNC(=O)C(C)(C)c3ccc(Cl)cc3)CC2)c1. The maximum Gasteiger partial charge on any atom is 0.230 e. The molecule has 2 N–H and O–H groups in total. The second-order valence-electron chi connectivity index (χ2n) is 10.1. The summed E-state index contributed by atoms with van der Waals surface area (Å²) in [4.78, 5) is 27.2. The van der Waals surface area contributed by atoms with Crippen molar-refractivity contribution < 1.29 is 9.59 Å². The van der Waals surface area contributed by atoms with Crippen molar-refractivity contribution in [3.63, 3.8) is 0 Å². The Balaban J connectivity index is 1.40. The number of piperidine rings is 1. The minimum absolute atomic E-state index is 0.0276. The number of rotatable bonds is 9. The third kappa shape index (κ3) is 7.07. The smallest absolute Gasteiger partial charge is 0.230 e. The topological polar surface area (TPSA) is 61.4 Å². The van der Waals surface area contributed by atoms with E-state index in [9.17, 15) is 9.59 Å². The van der Waals surface area contributed by atoms with Crippen LogP contribution in [-0.2, 0) is 15.0 Å². The molecule has 6 heteroatoms. The van der Waals surface area contributed by atoms with Crippen LogP contribution in [0.15, 0.2) is 48.5 Å². The summed E-state index contributed by atoms with van der Waals surface area (Å²) in [5.41, 5.74) is 2.56. The van der Waals surface area contributed by atoms with Crippen molar-refractivity contribution in [3.8, 4) is 0 Å². The van der Waals surface area contributed by atoms with Gasteiger partial charge in [0.05, 0.1) is 5.41 Å². The van der Waals surface area contributed by atoms with Crippen molar-refractivity contribution in [3.05, 3.63) is 64.7 Å². The Morgan fingerprint density at radius 1 is 1.09 bits per heavy atom. The van der Waals surface area contributed by atoms with Crippen molar-refractivity contribution in [2.24, 2.45) is 5.92 Å². The van der Waals surface area contributed by atoms with Gasteiger partial charge in [-0.25, -0.2) is 0 Å². The van der Waals surface area contributed by atoms with Crippen LogP contribution in [0.5, 0.6) is 0 Å². The van der Waals surface area contributed by atoms with Gasteiger partial charge in [-0.15, -0.1) is 0 Å². The van der Waals surface area contributed by atoms with Crippen molar-refractivity contribution in [1.82, 2.24) is 10.2 Å². The number of hydrogen-bond donors (Lipinski definition) is 2. The Labute approximate surface area is 209 Å². The van der Waals surface area contributed by atoms with Crippen LogP contribution in [0.4, 0.5) is 5.69 Å². The maximum atomic E-state index is 12.7. The molecule has 2 amide bonds. The van der Waals surface area contributed by atoms with Crippen LogP contribution in [0.1, 0.15) is 64.0 Å². The van der Waals surface area contributed by atoms with Gasteiger partial charge >= 0.3 is 0 Å². The minimum Gasteiger partial charge on any atom is -0.355 e. The highest BCUT2D eigenvalue weighted by molar-refractivity contribution is 6.30. The minimum atomic E-state index is -0.591. The predicted octanol–water partition coefficient (Wildman–Crippen LogP) is 5.60. The lowest BCUT2D eigenvalue weighted by molar-refractivity contribution is -0.125. The standard InChI is InChI=1S/C28H38ClN3O2/c1-20(2)26(33)31-25-8-5-7-22(19-25)21-13-17-32(18-14-21)16-6-15-30-27(34)28(3,4)23-9-11-24(29)12-10-23/h5,7-12,19-21H,6,13-18H2,1-4H3,(H,30,34)(H,31,33). The Morgan fingerprint density at radius 2 is 1.76 bits per heavy atom. The molecule has 1 heterocycles. The van der Waals surface area contributed by atoms with E-state index in [0.717, 1.165) is 50.1 Å². The van der Waals surface area contributed by atoms with Gasteiger partial charge in [-0.2, -0.15) is 0 Å². The van der Waals surface area contributed by atoms with E-state index >= 15 is 0 Å². The Bertz CT molecular complexity index is 964. The number of carbonyl (C=O) groups is 2. The molecule has 0 unspecified atom stereocenters. The monoisotopic (exact) mass is 483 g/mol. The van der Waals surface area contributed by atoms with Gasteiger partial charge in [0.1, 0.15) is 0 Å². The number of hydrogen-bond acceptors (Lipinski definition) is 3. The van der Waals surface area contributed by atoms with Crippen LogP contribution in [0, 0.1) is 5.92 Å². The van der Waals surface area contributed by atoms with Gasteiger partial charge in [0.2, 0.25) is 11.8 Å². The average molecular weight is 484 g/mol. The Kier molecular flexibility index (Phi) is 9.15. The lowest BCUT2D eigenvalue weighted by Gasteiger charge is -2.32. The van der Waals surface area contributed by atoms with Crippen molar-refractivity contribution in [2.75, 3.05) is 31.5 Å². The van der Waals surface area contributed by atoms with Gasteiger partial charge in [0.25, 0.3) is 0 Å². The number of nitrogens with zero attached hydrogens (tertiary/aromatic N) is 1. The van der Waals surface area contributed by atoms with Gasteiger partial charge < -0.3 is 15.5 Å². The first-order valence-corrected chi connectivity index (χ1v) is 12.7. The number of amides is 2. The lowest BCUT2D eigenvalue weighted by atomic mass is 9.84. The molecule has 1 saturated heterocycles. The number of carbonyl (C=O) groups excluding carboxylic acids is 2. The van der Waals surface area contributed by atoms with Crippen LogP contribution >= 0.6 is 11.6 Å². The Morgan fingerprint density at radius 3 is 2.41 bits per heavy atom. The number of benzene rings is 2. The molecular formula is C28H38ClN3O2. The molecule has 1 aliphatic heterocycles. The molecule has 0 bridgehead atoms. The first-order valence-electron chi connectivity index (χ1n) is 12.3. The van der Waals surface area contributed by atoms with Crippen molar-refractivity contribution >= 4 is 29.1 Å². The molecule has 0 aromatic heterocycles. The average Bonchev–Trinajstić information content (AvgIpc) is 2.82. The van der Waals surface area contributed by atoms with Crippen LogP contribution < -0.4 is 10.6 Å². The fraction of sp³-hybridized carbons (Fsp3) is 0.500. The van der Waals surface area contributed by atoms with Gasteiger partial charge in [0, 0.05) is 23.2 Å². The third-order valence-corrected chi connectivity index (χ3v) is 7.06. The molecule has 2 aromatic rings. The molecule has 3 rings (SSSR count). The van der Waals surface area contributed by atoms with Crippen LogP contribution in [-0.4, -0.2) is 42.9 Å². The quantitative estimate of drug-likeness (QED) is 0.456. The maximum absolute atomic E-state index is 12.7. The molecule has 5 nitrogen and oxygen atoms in total. The molecule has 2 aromatic carbocycles. The summed E-state index contributed by atoms with van der Waals surface area (Å²) in [6.07, 6.45) is 3.15. The molecule has 184 valence electrons. The summed E-state index contributed by atoms with van der Waals surface area (Å²) in [5, 5.41) is 6.79. The zero-order valence-electron chi connectivity index (χ0n) is 20.9. The highest BCUT2D eigenvalue weighted by Crippen LogP contribution is 2.30. The molecule has 0 atom stereocenters. The molecular weight excluding hydrogens is 446 g/mol. The predicted molar refractivity (Wildman–Crippen MR) is 140 cm³/mol. The number of likely N-dealkylation sites (tertiary alicyclic amines) is 1. The van der Waals surface area contributed by atoms with E-state index in [2.05, 4.69) is 27.7 Å².